The quantitative estimate of drug-likeness (QED) is 0.698. The van der Waals surface area contributed by atoms with Crippen LogP contribution in [0.1, 0.15) is 24.3 Å². The number of rotatable bonds is 2. The first-order valence-electron chi connectivity index (χ1n) is 6.04. The van der Waals surface area contributed by atoms with Gasteiger partial charge in [-0.05, 0) is 43.0 Å². The summed E-state index contributed by atoms with van der Waals surface area (Å²) in [7, 11) is 0. The number of fused-ring (bicyclic) bond motifs is 2. The van der Waals surface area contributed by atoms with Crippen molar-refractivity contribution in [1.82, 2.24) is 5.32 Å². The number of nitrogens with one attached hydrogen (secondary N) is 1. The molecule has 1 aromatic carbocycles. The molecule has 0 spiro atoms. The predicted octanol–water partition coefficient (Wildman–Crippen LogP) is 1.18. The van der Waals surface area contributed by atoms with Crippen LogP contribution in [0.3, 0.4) is 0 Å². The molecule has 4 atom stereocenters. The number of hydrogen-bond donors (Lipinski definition) is 3. The standard InChI is InChI=1S/C13H18N2O/c14-7-10-11-5-6-12(15-11)13(10)8-1-3-9(16)4-2-8/h1-4,10-13,15-16H,5-7,14H2. The van der Waals surface area contributed by atoms with E-state index in [1.165, 1.54) is 18.4 Å². The average molecular weight is 218 g/mol. The molecule has 0 saturated carbocycles. The Labute approximate surface area is 95.7 Å². The molecule has 86 valence electrons. The van der Waals surface area contributed by atoms with E-state index in [-0.39, 0.29) is 0 Å². The van der Waals surface area contributed by atoms with Crippen LogP contribution in [0.2, 0.25) is 0 Å². The lowest BCUT2D eigenvalue weighted by molar-refractivity contribution is 0.365. The summed E-state index contributed by atoms with van der Waals surface area (Å²) in [5.74, 6) is 1.43. The maximum absolute atomic E-state index is 9.31. The second-order valence-electron chi connectivity index (χ2n) is 4.97. The van der Waals surface area contributed by atoms with Gasteiger partial charge in [0, 0.05) is 18.0 Å². The van der Waals surface area contributed by atoms with E-state index in [2.05, 4.69) is 5.32 Å². The van der Waals surface area contributed by atoms with Gasteiger partial charge in [0.2, 0.25) is 0 Å². The number of aromatic hydroxyl groups is 1. The van der Waals surface area contributed by atoms with E-state index < -0.39 is 0 Å². The highest BCUT2D eigenvalue weighted by molar-refractivity contribution is 5.32. The molecule has 4 unspecified atom stereocenters. The largest absolute Gasteiger partial charge is 0.508 e. The van der Waals surface area contributed by atoms with Gasteiger partial charge >= 0.3 is 0 Å². The van der Waals surface area contributed by atoms with Gasteiger partial charge in [-0.3, -0.25) is 0 Å². The molecule has 2 bridgehead atoms. The second kappa shape index (κ2) is 3.75. The van der Waals surface area contributed by atoms with Crippen molar-refractivity contribution in [3.63, 3.8) is 0 Å². The fourth-order valence-corrected chi connectivity index (χ4v) is 3.46. The highest BCUT2D eigenvalue weighted by Gasteiger charge is 2.46. The van der Waals surface area contributed by atoms with Crippen LogP contribution < -0.4 is 11.1 Å². The monoisotopic (exact) mass is 218 g/mol. The fourth-order valence-electron chi connectivity index (χ4n) is 3.46. The minimum Gasteiger partial charge on any atom is -0.508 e. The fraction of sp³-hybridized carbons (Fsp3) is 0.538. The summed E-state index contributed by atoms with van der Waals surface area (Å²) in [6.07, 6.45) is 2.52. The average Bonchev–Trinajstić information content (AvgIpc) is 2.89. The lowest BCUT2D eigenvalue weighted by atomic mass is 9.75. The first-order valence-corrected chi connectivity index (χ1v) is 6.04. The summed E-state index contributed by atoms with van der Waals surface area (Å²) in [6.45, 7) is 0.750. The minimum atomic E-state index is 0.337. The summed E-state index contributed by atoms with van der Waals surface area (Å²) in [6, 6.07) is 8.80. The second-order valence-corrected chi connectivity index (χ2v) is 4.97. The van der Waals surface area contributed by atoms with Gasteiger partial charge in [0.25, 0.3) is 0 Å². The van der Waals surface area contributed by atoms with Crippen LogP contribution in [-0.2, 0) is 0 Å². The summed E-state index contributed by atoms with van der Waals surface area (Å²) in [5, 5.41) is 13.0. The Morgan fingerprint density at radius 2 is 1.88 bits per heavy atom. The Kier molecular flexibility index (Phi) is 2.37. The Balaban J connectivity index is 1.91. The molecule has 3 heteroatoms. The molecule has 2 heterocycles. The molecule has 2 saturated heterocycles. The minimum absolute atomic E-state index is 0.337. The van der Waals surface area contributed by atoms with Crippen LogP contribution in [0.25, 0.3) is 0 Å². The molecule has 0 amide bonds. The zero-order valence-electron chi connectivity index (χ0n) is 9.26. The van der Waals surface area contributed by atoms with Gasteiger partial charge in [-0.1, -0.05) is 12.1 Å². The van der Waals surface area contributed by atoms with Crippen molar-refractivity contribution < 1.29 is 5.11 Å². The molecule has 0 aromatic heterocycles. The molecule has 2 aliphatic rings. The first-order chi connectivity index (χ1) is 7.79. The number of benzene rings is 1. The maximum Gasteiger partial charge on any atom is 0.115 e. The van der Waals surface area contributed by atoms with Gasteiger partial charge in [0.05, 0.1) is 0 Å². The summed E-state index contributed by atoms with van der Waals surface area (Å²) in [4.78, 5) is 0. The van der Waals surface area contributed by atoms with Gasteiger partial charge in [-0.25, -0.2) is 0 Å². The van der Waals surface area contributed by atoms with Crippen LogP contribution in [0, 0.1) is 5.92 Å². The van der Waals surface area contributed by atoms with Gasteiger partial charge in [-0.2, -0.15) is 0 Å². The van der Waals surface area contributed by atoms with E-state index in [1.807, 2.05) is 12.1 Å². The van der Waals surface area contributed by atoms with Crippen LogP contribution in [0.4, 0.5) is 0 Å². The van der Waals surface area contributed by atoms with Crippen molar-refractivity contribution in [2.45, 2.75) is 30.8 Å². The van der Waals surface area contributed by atoms with Gasteiger partial charge in [-0.15, -0.1) is 0 Å². The van der Waals surface area contributed by atoms with Crippen molar-refractivity contribution in [1.29, 1.82) is 0 Å². The van der Waals surface area contributed by atoms with Crippen molar-refractivity contribution >= 4 is 0 Å². The SMILES string of the molecule is NCC1C2CCC(N2)C1c1ccc(O)cc1. The van der Waals surface area contributed by atoms with E-state index in [1.54, 1.807) is 12.1 Å². The molecule has 3 rings (SSSR count). The molecule has 0 radical (unpaired) electrons. The smallest absolute Gasteiger partial charge is 0.115 e. The van der Waals surface area contributed by atoms with Gasteiger partial charge < -0.3 is 16.2 Å². The third-order valence-electron chi connectivity index (χ3n) is 4.18. The van der Waals surface area contributed by atoms with Crippen molar-refractivity contribution in [3.05, 3.63) is 29.8 Å². The highest BCUT2D eigenvalue weighted by Crippen LogP contribution is 2.44. The first kappa shape index (κ1) is 10.1. The van der Waals surface area contributed by atoms with Gasteiger partial charge in [0.1, 0.15) is 5.75 Å². The molecule has 4 N–H and O–H groups in total. The molecule has 0 aliphatic carbocycles. The number of hydrogen-bond acceptors (Lipinski definition) is 3. The van der Waals surface area contributed by atoms with E-state index in [0.29, 0.717) is 29.7 Å². The van der Waals surface area contributed by atoms with Crippen molar-refractivity contribution in [3.8, 4) is 5.75 Å². The molecule has 3 nitrogen and oxygen atoms in total. The number of nitrogens with two attached hydrogens (primary N) is 1. The third-order valence-corrected chi connectivity index (χ3v) is 4.18. The Hall–Kier alpha value is -1.06. The Morgan fingerprint density at radius 3 is 2.56 bits per heavy atom. The van der Waals surface area contributed by atoms with E-state index in [4.69, 9.17) is 5.73 Å². The molecule has 2 fully saturated rings. The lowest BCUT2D eigenvalue weighted by Crippen LogP contribution is -2.31. The lowest BCUT2D eigenvalue weighted by Gasteiger charge is -2.28. The molecule has 1 aromatic rings. The number of phenolic OH excluding ortho intramolecular Hbond substituents is 1. The van der Waals surface area contributed by atoms with Crippen LogP contribution in [0.5, 0.6) is 5.75 Å². The topological polar surface area (TPSA) is 58.3 Å². The number of phenols is 1. The van der Waals surface area contributed by atoms with Crippen LogP contribution >= 0.6 is 0 Å². The van der Waals surface area contributed by atoms with Crippen LogP contribution in [0.15, 0.2) is 24.3 Å². The predicted molar refractivity (Wildman–Crippen MR) is 63.3 cm³/mol. The molecular formula is C13H18N2O. The molecule has 2 aliphatic heterocycles. The summed E-state index contributed by atoms with van der Waals surface area (Å²) >= 11 is 0. The normalized spacial score (nSPS) is 36.8. The highest BCUT2D eigenvalue weighted by atomic mass is 16.3. The molecular weight excluding hydrogens is 200 g/mol. The Morgan fingerprint density at radius 1 is 1.19 bits per heavy atom. The van der Waals surface area contributed by atoms with Crippen molar-refractivity contribution in [2.75, 3.05) is 6.54 Å². The summed E-state index contributed by atoms with van der Waals surface area (Å²) < 4.78 is 0. The zero-order valence-corrected chi connectivity index (χ0v) is 9.26. The van der Waals surface area contributed by atoms with E-state index in [0.717, 1.165) is 6.54 Å². The third kappa shape index (κ3) is 1.43. The maximum atomic E-state index is 9.31. The molecule has 16 heavy (non-hydrogen) atoms. The van der Waals surface area contributed by atoms with Crippen molar-refractivity contribution in [2.24, 2.45) is 11.7 Å². The Bertz CT molecular complexity index is 376. The summed E-state index contributed by atoms with van der Waals surface area (Å²) in [5.41, 5.74) is 7.20. The van der Waals surface area contributed by atoms with E-state index >= 15 is 0 Å². The zero-order chi connectivity index (χ0) is 11.1. The van der Waals surface area contributed by atoms with E-state index in [9.17, 15) is 5.11 Å². The van der Waals surface area contributed by atoms with Gasteiger partial charge in [0.15, 0.2) is 0 Å². The van der Waals surface area contributed by atoms with Crippen LogP contribution in [-0.4, -0.2) is 23.7 Å².